The first kappa shape index (κ1) is 22.5. The van der Waals surface area contributed by atoms with E-state index in [-0.39, 0.29) is 16.9 Å². The van der Waals surface area contributed by atoms with Gasteiger partial charge in [0.1, 0.15) is 11.6 Å². The van der Waals surface area contributed by atoms with Crippen molar-refractivity contribution in [3.63, 3.8) is 0 Å². The number of hydrogen-bond acceptors (Lipinski definition) is 3. The summed E-state index contributed by atoms with van der Waals surface area (Å²) >= 11 is 3.42. The maximum absolute atomic E-state index is 14.2. The van der Waals surface area contributed by atoms with Crippen molar-refractivity contribution in [2.45, 2.75) is 39.5 Å². The van der Waals surface area contributed by atoms with Gasteiger partial charge >= 0.3 is 0 Å². The van der Waals surface area contributed by atoms with E-state index >= 15 is 0 Å². The third-order valence-corrected chi connectivity index (χ3v) is 6.53. The fraction of sp³-hybridized carbons (Fsp3) is 0.320. The van der Waals surface area contributed by atoms with E-state index in [2.05, 4.69) is 26.2 Å². The normalized spacial score (nSPS) is 22.3. The number of rotatable bonds is 3. The Morgan fingerprint density at radius 3 is 2.47 bits per heavy atom. The number of carbonyl (C=O) groups is 2. The monoisotopic (exact) mass is 500 g/mol. The van der Waals surface area contributed by atoms with Crippen molar-refractivity contribution >= 4 is 39.0 Å². The molecule has 0 radical (unpaired) electrons. The first-order valence-corrected chi connectivity index (χ1v) is 11.2. The maximum Gasteiger partial charge on any atom is 0.234 e. The molecular formula is C25H23BrF2N2O2. The number of amides is 1. The molecule has 4 rings (SSSR count). The molecule has 0 saturated heterocycles. The molecule has 2 aromatic rings. The van der Waals surface area contributed by atoms with Crippen LogP contribution in [0.5, 0.6) is 0 Å². The number of aliphatic imine (C=N–C) groups is 1. The van der Waals surface area contributed by atoms with Crippen LogP contribution in [0.15, 0.2) is 63.2 Å². The van der Waals surface area contributed by atoms with Gasteiger partial charge in [0.15, 0.2) is 5.78 Å². The number of nitrogens with one attached hydrogen (secondary N) is 1. The molecule has 2 atom stereocenters. The van der Waals surface area contributed by atoms with E-state index in [4.69, 9.17) is 0 Å². The number of hydrogen-bond donors (Lipinski definition) is 1. The zero-order valence-corrected chi connectivity index (χ0v) is 19.6. The summed E-state index contributed by atoms with van der Waals surface area (Å²) in [5.41, 5.74) is 2.31. The number of ketones is 1. The molecule has 4 nitrogen and oxygen atoms in total. The van der Waals surface area contributed by atoms with Crippen molar-refractivity contribution < 1.29 is 18.4 Å². The van der Waals surface area contributed by atoms with Crippen molar-refractivity contribution in [2.24, 2.45) is 16.3 Å². The summed E-state index contributed by atoms with van der Waals surface area (Å²) in [6.45, 7) is 5.82. The van der Waals surface area contributed by atoms with E-state index in [1.54, 1.807) is 6.92 Å². The fourth-order valence-electron chi connectivity index (χ4n) is 4.62. The van der Waals surface area contributed by atoms with Gasteiger partial charge in [0.2, 0.25) is 5.91 Å². The molecule has 1 unspecified atom stereocenters. The second kappa shape index (κ2) is 8.35. The number of benzene rings is 2. The topological polar surface area (TPSA) is 58.5 Å². The SMILES string of the molecule is CC1=NC2=C(C(=O)CC(C)(C)C2)[C@@H](c2ccc(Br)cc2)C1C(=O)Nc1ccc(F)cc1F. The van der Waals surface area contributed by atoms with Gasteiger partial charge < -0.3 is 5.32 Å². The number of carbonyl (C=O) groups excluding carboxylic acids is 2. The molecule has 32 heavy (non-hydrogen) atoms. The Bertz CT molecular complexity index is 1170. The average molecular weight is 501 g/mol. The van der Waals surface area contributed by atoms with Gasteiger partial charge in [-0.3, -0.25) is 14.6 Å². The van der Waals surface area contributed by atoms with Crippen molar-refractivity contribution in [3.05, 3.63) is 75.4 Å². The summed E-state index contributed by atoms with van der Waals surface area (Å²) in [4.78, 5) is 31.3. The number of halogens is 3. The first-order valence-electron chi connectivity index (χ1n) is 10.4. The summed E-state index contributed by atoms with van der Waals surface area (Å²) < 4.78 is 28.4. The molecular weight excluding hydrogens is 478 g/mol. The predicted octanol–water partition coefficient (Wildman–Crippen LogP) is 6.18. The van der Waals surface area contributed by atoms with Crippen LogP contribution in [0.2, 0.25) is 0 Å². The zero-order chi connectivity index (χ0) is 23.2. The summed E-state index contributed by atoms with van der Waals surface area (Å²) in [7, 11) is 0. The molecule has 0 aromatic heterocycles. The summed E-state index contributed by atoms with van der Waals surface area (Å²) in [6, 6.07) is 10.5. The number of nitrogens with zero attached hydrogens (tertiary/aromatic N) is 1. The molecule has 1 aliphatic carbocycles. The predicted molar refractivity (Wildman–Crippen MR) is 124 cm³/mol. The molecule has 2 aromatic carbocycles. The van der Waals surface area contributed by atoms with Gasteiger partial charge in [0.05, 0.1) is 11.6 Å². The van der Waals surface area contributed by atoms with Crippen LogP contribution in [0.3, 0.4) is 0 Å². The third-order valence-electron chi connectivity index (χ3n) is 6.00. The van der Waals surface area contributed by atoms with Crippen LogP contribution in [0.25, 0.3) is 0 Å². The maximum atomic E-state index is 14.2. The van der Waals surface area contributed by atoms with E-state index in [1.165, 1.54) is 6.07 Å². The highest BCUT2D eigenvalue weighted by Gasteiger charge is 2.45. The van der Waals surface area contributed by atoms with Crippen molar-refractivity contribution in [3.8, 4) is 0 Å². The highest BCUT2D eigenvalue weighted by Crippen LogP contribution is 2.48. The molecule has 0 saturated carbocycles. The molecule has 1 aliphatic heterocycles. The van der Waals surface area contributed by atoms with Crippen LogP contribution in [0, 0.1) is 23.0 Å². The van der Waals surface area contributed by atoms with Gasteiger partial charge in [0.25, 0.3) is 0 Å². The minimum atomic E-state index is -0.862. The van der Waals surface area contributed by atoms with Crippen molar-refractivity contribution in [1.82, 2.24) is 0 Å². The largest absolute Gasteiger partial charge is 0.323 e. The van der Waals surface area contributed by atoms with Gasteiger partial charge in [-0.1, -0.05) is 41.9 Å². The Labute approximate surface area is 193 Å². The standard InChI is InChI=1S/C25H23BrF2N2O2/c1-13-21(24(32)30-18-9-8-16(27)10-17(18)28)22(14-4-6-15(26)7-5-14)23-19(29-13)11-25(2,3)12-20(23)31/h4-10,21-22H,11-12H2,1-3H3,(H,30,32)/t21?,22-/m0/s1. The van der Waals surface area contributed by atoms with Crippen molar-refractivity contribution in [2.75, 3.05) is 5.32 Å². The molecule has 0 bridgehead atoms. The van der Waals surface area contributed by atoms with Gasteiger partial charge in [0, 0.05) is 39.9 Å². The summed E-state index contributed by atoms with van der Waals surface area (Å²) in [6.07, 6.45) is 1.01. The number of allylic oxidation sites excluding steroid dienone is 2. The van der Waals surface area contributed by atoms with E-state index in [9.17, 15) is 18.4 Å². The minimum absolute atomic E-state index is 0.0221. The van der Waals surface area contributed by atoms with Crippen LogP contribution in [-0.2, 0) is 9.59 Å². The third kappa shape index (κ3) is 4.31. The van der Waals surface area contributed by atoms with Gasteiger partial charge in [-0.05, 0) is 48.6 Å². The Morgan fingerprint density at radius 1 is 1.12 bits per heavy atom. The molecule has 1 heterocycles. The lowest BCUT2D eigenvalue weighted by Gasteiger charge is -2.39. The molecule has 2 aliphatic rings. The minimum Gasteiger partial charge on any atom is -0.323 e. The Balaban J connectivity index is 1.79. The second-order valence-corrected chi connectivity index (χ2v) is 10.1. The summed E-state index contributed by atoms with van der Waals surface area (Å²) in [5.74, 6) is -3.44. The first-order chi connectivity index (χ1) is 15.1. The number of anilines is 1. The van der Waals surface area contributed by atoms with Gasteiger partial charge in [-0.2, -0.15) is 0 Å². The molecule has 1 amide bonds. The van der Waals surface area contributed by atoms with E-state index in [0.717, 1.165) is 22.2 Å². The van der Waals surface area contributed by atoms with Crippen LogP contribution in [0.1, 0.15) is 45.1 Å². The lowest BCUT2D eigenvalue weighted by atomic mass is 9.66. The Kier molecular flexibility index (Phi) is 5.88. The fourth-order valence-corrected chi connectivity index (χ4v) is 4.88. The van der Waals surface area contributed by atoms with Gasteiger partial charge in [-0.25, -0.2) is 8.78 Å². The molecule has 166 valence electrons. The lowest BCUT2D eigenvalue weighted by Crippen LogP contribution is -2.41. The molecule has 1 N–H and O–H groups in total. The van der Waals surface area contributed by atoms with E-state index in [0.29, 0.717) is 29.8 Å². The smallest absolute Gasteiger partial charge is 0.234 e. The highest BCUT2D eigenvalue weighted by atomic mass is 79.9. The lowest BCUT2D eigenvalue weighted by molar-refractivity contribution is -0.119. The Morgan fingerprint density at radius 2 is 1.81 bits per heavy atom. The highest BCUT2D eigenvalue weighted by molar-refractivity contribution is 9.10. The average Bonchev–Trinajstić information content (AvgIpc) is 2.68. The number of Topliss-reactive ketones (excluding diaryl/α,β-unsaturated/α-hetero) is 1. The van der Waals surface area contributed by atoms with Crippen LogP contribution < -0.4 is 5.32 Å². The van der Waals surface area contributed by atoms with Crippen molar-refractivity contribution in [1.29, 1.82) is 0 Å². The van der Waals surface area contributed by atoms with Crippen LogP contribution >= 0.6 is 15.9 Å². The summed E-state index contributed by atoms with van der Waals surface area (Å²) in [5, 5.41) is 2.57. The van der Waals surface area contributed by atoms with Crippen LogP contribution in [0.4, 0.5) is 14.5 Å². The van der Waals surface area contributed by atoms with E-state index in [1.807, 2.05) is 38.1 Å². The molecule has 7 heteroatoms. The van der Waals surface area contributed by atoms with Gasteiger partial charge in [-0.15, -0.1) is 0 Å². The Hall–Kier alpha value is -2.67. The van der Waals surface area contributed by atoms with E-state index < -0.39 is 29.4 Å². The molecule has 0 spiro atoms. The second-order valence-electron chi connectivity index (χ2n) is 9.17. The van der Waals surface area contributed by atoms with Crippen LogP contribution in [-0.4, -0.2) is 17.4 Å². The quantitative estimate of drug-likeness (QED) is 0.546. The zero-order valence-electron chi connectivity index (χ0n) is 18.0. The molecule has 0 fully saturated rings.